The second kappa shape index (κ2) is 12.5. The maximum atomic E-state index is 13.6. The zero-order chi connectivity index (χ0) is 41.3. The topological polar surface area (TPSA) is 287 Å². The molecule has 22 heteroatoms. The fourth-order valence-electron chi connectivity index (χ4n) is 7.60. The maximum absolute atomic E-state index is 13.6. The molecule has 0 aliphatic carbocycles. The van der Waals surface area contributed by atoms with Crippen LogP contribution >= 0.6 is 23.5 Å². The summed E-state index contributed by atoms with van der Waals surface area (Å²) in [5, 5.41) is 46.0. The molecule has 0 spiro atoms. The molecule has 11 atom stereocenters. The summed E-state index contributed by atoms with van der Waals surface area (Å²) in [6.07, 6.45) is 0. The van der Waals surface area contributed by atoms with Crippen LogP contribution < -0.4 is 0 Å². The van der Waals surface area contributed by atoms with Crippen LogP contribution in [0.2, 0.25) is 0 Å². The molecule has 3 aliphatic heterocycles. The van der Waals surface area contributed by atoms with Crippen molar-refractivity contribution < 1.29 is 90.5 Å². The quantitative estimate of drug-likeness (QED) is 0.124. The number of phosphoric ester groups is 3. The molecular weight excluding hydrogens is 757 g/mol. The number of phosphoric acid groups is 3. The van der Waals surface area contributed by atoms with Gasteiger partial charge in [-0.3, -0.25) is 22.6 Å². The molecule has 3 aliphatic rings. The Morgan fingerprint density at radius 2 is 0.692 bits per heavy atom. The second-order valence-corrected chi connectivity index (χ2v) is 21.3. The normalized spacial score (nSPS) is 48.1. The Morgan fingerprint density at radius 1 is 0.423 bits per heavy atom. The van der Waals surface area contributed by atoms with E-state index in [0.29, 0.717) is 0 Å². The van der Waals surface area contributed by atoms with Gasteiger partial charge in [0.15, 0.2) is 0 Å². The van der Waals surface area contributed by atoms with Gasteiger partial charge < -0.3 is 54.2 Å². The first-order valence-electron chi connectivity index (χ1n) is 16.5. The molecule has 0 aromatic rings. The molecule has 0 bridgehead atoms. The monoisotopic (exact) mass is 816 g/mol. The predicted molar refractivity (Wildman–Crippen MR) is 182 cm³/mol. The van der Waals surface area contributed by atoms with Crippen LogP contribution in [0.1, 0.15) is 104 Å². The summed E-state index contributed by atoms with van der Waals surface area (Å²) in [7, 11) is -15.5. The average molecular weight is 817 g/mol. The third kappa shape index (κ3) is 6.91. The molecule has 308 valence electrons. The Hall–Kier alpha value is 0.0500. The largest absolute Gasteiger partial charge is 0.473 e. The first-order valence-corrected chi connectivity index (χ1v) is 21.0. The van der Waals surface area contributed by atoms with Gasteiger partial charge in [-0.25, -0.2) is 13.7 Å². The van der Waals surface area contributed by atoms with E-state index in [1.165, 1.54) is 104 Å². The Kier molecular flexibility index (Phi) is 11.2. The van der Waals surface area contributed by atoms with Crippen molar-refractivity contribution in [2.45, 2.75) is 171 Å². The molecule has 0 saturated carbocycles. The van der Waals surface area contributed by atoms with E-state index in [9.17, 15) is 53.7 Å². The highest BCUT2D eigenvalue weighted by Crippen LogP contribution is 2.65. The Labute approximate surface area is 304 Å². The van der Waals surface area contributed by atoms with Crippen molar-refractivity contribution >= 4 is 23.5 Å². The van der Waals surface area contributed by atoms with Crippen LogP contribution in [-0.2, 0) is 50.5 Å². The number of rotatable bonds is 13. The lowest BCUT2D eigenvalue weighted by molar-refractivity contribution is -0.172. The number of hydrogen-bond donors (Lipinski definition) is 8. The average Bonchev–Trinajstić information content (AvgIpc) is 3.13. The summed E-state index contributed by atoms with van der Waals surface area (Å²) in [6, 6.07) is 0. The Bertz CT molecular complexity index is 1550. The van der Waals surface area contributed by atoms with Crippen LogP contribution in [0.5, 0.6) is 0 Å². The Morgan fingerprint density at radius 3 is 0.962 bits per heavy atom. The van der Waals surface area contributed by atoms with Gasteiger partial charge in [-0.05, 0) is 104 Å². The molecular formula is C30H59O19P3. The molecule has 3 rings (SSSR count). The standard InChI is InChI=1S/C30H59O19P3/c1-19(2)25(10,31)26(11,32)22(7,45-19)17-43-51(38,39)49-30(15)21(5,6)47-24(9,28(30,13)34)18-44-52(40,41)48-29(14)20(3,4)46-23(8,27(29,12)33)16-42-50(35,36)37/h31-34H,16-18H2,1-15H3,(H,38,39)(H,40,41)(H2,35,36,37)/t22-,23-,24-,25?,26?,27?,28?,29?,30?/m1/s1. The molecule has 0 aromatic carbocycles. The molecule has 8 unspecified atom stereocenters. The maximum Gasteiger partial charge on any atom is 0.473 e. The molecule has 19 nitrogen and oxygen atoms in total. The summed E-state index contributed by atoms with van der Waals surface area (Å²) in [5.74, 6) is 0. The third-order valence-corrected chi connectivity index (χ3v) is 15.5. The third-order valence-electron chi connectivity index (χ3n) is 12.9. The SMILES string of the molecule is CC1(C)O[C@](C)(COP(=O)(O)OC2(C)C(C)(C)O[C@](C)(COP(=O)(O)OC3(C)C(C)(C)O[C@](C)(COP(=O)(O)O)C3(C)O)C2(C)O)C(C)(O)C1(C)O. The van der Waals surface area contributed by atoms with Gasteiger partial charge in [-0.15, -0.1) is 0 Å². The van der Waals surface area contributed by atoms with E-state index in [-0.39, 0.29) is 0 Å². The van der Waals surface area contributed by atoms with Gasteiger partial charge in [-0.1, -0.05) is 0 Å². The molecule has 52 heavy (non-hydrogen) atoms. The molecule has 3 heterocycles. The predicted octanol–water partition coefficient (Wildman–Crippen LogP) is 2.59. The van der Waals surface area contributed by atoms with Crippen molar-refractivity contribution in [2.24, 2.45) is 0 Å². The van der Waals surface area contributed by atoms with Crippen molar-refractivity contribution in [3.63, 3.8) is 0 Å². The van der Waals surface area contributed by atoms with Gasteiger partial charge in [0.05, 0.1) is 36.6 Å². The lowest BCUT2D eigenvalue weighted by Crippen LogP contribution is -2.64. The zero-order valence-electron chi connectivity index (χ0n) is 32.5. The van der Waals surface area contributed by atoms with Gasteiger partial charge >= 0.3 is 23.5 Å². The number of ether oxygens (including phenoxy) is 3. The van der Waals surface area contributed by atoms with E-state index in [2.05, 4.69) is 4.52 Å². The molecule has 0 radical (unpaired) electrons. The minimum Gasteiger partial charge on any atom is -0.384 e. The van der Waals surface area contributed by atoms with Gasteiger partial charge in [0.2, 0.25) is 0 Å². The van der Waals surface area contributed by atoms with Crippen LogP contribution in [0.25, 0.3) is 0 Å². The summed E-state index contributed by atoms with van der Waals surface area (Å²) in [4.78, 5) is 40.4. The minimum absolute atomic E-state index is 0.745. The van der Waals surface area contributed by atoms with Crippen LogP contribution in [0, 0.1) is 0 Å². The van der Waals surface area contributed by atoms with Crippen molar-refractivity contribution in [1.82, 2.24) is 0 Å². The summed E-state index contributed by atoms with van der Waals surface area (Å²) >= 11 is 0. The van der Waals surface area contributed by atoms with Crippen LogP contribution in [-0.4, -0.2) is 127 Å². The smallest absolute Gasteiger partial charge is 0.384 e. The highest BCUT2D eigenvalue weighted by Gasteiger charge is 2.76. The van der Waals surface area contributed by atoms with Crippen LogP contribution in [0.4, 0.5) is 0 Å². The highest BCUT2D eigenvalue weighted by molar-refractivity contribution is 7.47. The van der Waals surface area contributed by atoms with Gasteiger partial charge in [-0.2, -0.15) is 0 Å². The van der Waals surface area contributed by atoms with Gasteiger partial charge in [0.25, 0.3) is 0 Å². The first kappa shape index (κ1) is 46.4. The van der Waals surface area contributed by atoms with Gasteiger partial charge in [0, 0.05) is 0 Å². The molecule has 0 aromatic heterocycles. The van der Waals surface area contributed by atoms with E-state index >= 15 is 0 Å². The van der Waals surface area contributed by atoms with E-state index in [1.54, 1.807) is 0 Å². The number of aliphatic hydroxyl groups is 4. The zero-order valence-corrected chi connectivity index (χ0v) is 35.2. The van der Waals surface area contributed by atoms with Crippen molar-refractivity contribution in [1.29, 1.82) is 0 Å². The van der Waals surface area contributed by atoms with Crippen LogP contribution in [0.15, 0.2) is 0 Å². The Balaban J connectivity index is 1.85. The minimum atomic E-state index is -5.27. The van der Waals surface area contributed by atoms with E-state index < -0.39 is 111 Å². The summed E-state index contributed by atoms with van der Waals surface area (Å²) in [6.45, 7) is 17.7. The van der Waals surface area contributed by atoms with Crippen LogP contribution in [0.3, 0.4) is 0 Å². The summed E-state index contributed by atoms with van der Waals surface area (Å²) < 4.78 is 83.0. The second-order valence-electron chi connectivity index (χ2n) is 17.3. The van der Waals surface area contributed by atoms with E-state index in [1.807, 2.05) is 0 Å². The van der Waals surface area contributed by atoms with Crippen molar-refractivity contribution in [2.75, 3.05) is 19.8 Å². The summed E-state index contributed by atoms with van der Waals surface area (Å²) in [5.41, 5.74) is -22.7. The fourth-order valence-corrected chi connectivity index (χ4v) is 10.7. The molecule has 3 saturated heterocycles. The molecule has 3 fully saturated rings. The van der Waals surface area contributed by atoms with E-state index in [0.717, 1.165) is 0 Å². The lowest BCUT2D eigenvalue weighted by atomic mass is 9.71. The lowest BCUT2D eigenvalue weighted by Gasteiger charge is -2.46. The van der Waals surface area contributed by atoms with Gasteiger partial charge in [0.1, 0.15) is 50.4 Å². The van der Waals surface area contributed by atoms with E-state index in [4.69, 9.17) is 32.3 Å². The number of hydrogen-bond acceptors (Lipinski definition) is 15. The molecule has 8 N–H and O–H groups in total. The van der Waals surface area contributed by atoms with Crippen molar-refractivity contribution in [3.8, 4) is 0 Å². The first-order chi connectivity index (χ1) is 22.4. The highest BCUT2D eigenvalue weighted by atomic mass is 31.2. The fraction of sp³-hybridized carbons (Fsp3) is 1.00. The van der Waals surface area contributed by atoms with Crippen molar-refractivity contribution in [3.05, 3.63) is 0 Å². The molecule has 0 amide bonds.